The van der Waals surface area contributed by atoms with Crippen LogP contribution in [0.25, 0.3) is 0 Å². The summed E-state index contributed by atoms with van der Waals surface area (Å²) in [5.41, 5.74) is 4.69. The van der Waals surface area contributed by atoms with Gasteiger partial charge in [0.2, 0.25) is 0 Å². The highest BCUT2D eigenvalue weighted by molar-refractivity contribution is 7.99. The molecule has 2 aromatic rings. The van der Waals surface area contributed by atoms with Gasteiger partial charge in [-0.2, -0.15) is 18.3 Å². The highest BCUT2D eigenvalue weighted by Gasteiger charge is 2.30. The molecule has 1 aromatic carbocycles. The van der Waals surface area contributed by atoms with Gasteiger partial charge in [-0.1, -0.05) is 32.5 Å². The maximum absolute atomic E-state index is 12.6. The van der Waals surface area contributed by atoms with E-state index in [1.54, 1.807) is 0 Å². The number of H-pyrrole nitrogens is 1. The van der Waals surface area contributed by atoms with Crippen molar-refractivity contribution in [1.29, 1.82) is 0 Å². The second-order valence-electron chi connectivity index (χ2n) is 6.60. The van der Waals surface area contributed by atoms with Gasteiger partial charge in [0, 0.05) is 23.4 Å². The molecule has 1 heterocycles. The number of amides is 2. The number of aromatic amines is 1. The number of carbonyl (C=O) groups is 1. The number of nitrogens with two attached hydrogens (primary N) is 1. The minimum absolute atomic E-state index is 0.186. The minimum Gasteiger partial charge on any atom is -0.351 e. The smallest absolute Gasteiger partial charge is 0.351 e. The Labute approximate surface area is 153 Å². The third-order valence-corrected chi connectivity index (χ3v) is 4.30. The number of benzene rings is 1. The molecule has 0 aliphatic heterocycles. The molecule has 0 saturated carbocycles. The molecule has 0 aliphatic carbocycles. The first kappa shape index (κ1) is 20.1. The van der Waals surface area contributed by atoms with E-state index in [9.17, 15) is 18.0 Å². The fourth-order valence-electron chi connectivity index (χ4n) is 2.08. The summed E-state index contributed by atoms with van der Waals surface area (Å²) in [6.45, 7) is 6.19. The van der Waals surface area contributed by atoms with Gasteiger partial charge in [-0.05, 0) is 24.3 Å². The Hall–Kier alpha value is -2.23. The molecular formula is C16H20F3N5OS. The van der Waals surface area contributed by atoms with Crippen LogP contribution >= 0.6 is 11.8 Å². The highest BCUT2D eigenvalue weighted by Crippen LogP contribution is 2.30. The standard InChI is InChI=1S/C16H20F3N5OS/c1-15(2,3)12-21-14(23-22-12)26-9-8-24(13(20)25)11-6-4-10(5-7-11)16(17,18)19/h4-7H,8-9H2,1-3H3,(H2,20,25)(H,21,22,23). The Bertz CT molecular complexity index is 752. The molecule has 1 aromatic heterocycles. The molecular weight excluding hydrogens is 367 g/mol. The van der Waals surface area contributed by atoms with E-state index in [1.165, 1.54) is 28.8 Å². The summed E-state index contributed by atoms with van der Waals surface area (Å²) >= 11 is 1.35. The van der Waals surface area contributed by atoms with Crippen LogP contribution in [0.15, 0.2) is 29.4 Å². The van der Waals surface area contributed by atoms with E-state index in [0.717, 1.165) is 12.1 Å². The van der Waals surface area contributed by atoms with Crippen molar-refractivity contribution in [3.05, 3.63) is 35.7 Å². The molecule has 0 spiro atoms. The largest absolute Gasteiger partial charge is 0.416 e. The van der Waals surface area contributed by atoms with Gasteiger partial charge < -0.3 is 5.73 Å². The Morgan fingerprint density at radius 1 is 1.23 bits per heavy atom. The first-order valence-corrected chi connectivity index (χ1v) is 8.77. The number of carbonyl (C=O) groups excluding carboxylic acids is 1. The molecule has 0 fully saturated rings. The number of urea groups is 1. The van der Waals surface area contributed by atoms with Gasteiger partial charge in [0.15, 0.2) is 11.0 Å². The number of halogens is 3. The Morgan fingerprint density at radius 3 is 2.31 bits per heavy atom. The van der Waals surface area contributed by atoms with E-state index in [2.05, 4.69) is 15.2 Å². The van der Waals surface area contributed by atoms with Crippen LogP contribution in [0.1, 0.15) is 32.2 Å². The van der Waals surface area contributed by atoms with Crippen molar-refractivity contribution in [3.63, 3.8) is 0 Å². The topological polar surface area (TPSA) is 87.9 Å². The minimum atomic E-state index is -4.43. The van der Waals surface area contributed by atoms with Crippen molar-refractivity contribution in [2.24, 2.45) is 5.73 Å². The normalized spacial score (nSPS) is 12.2. The van der Waals surface area contributed by atoms with E-state index < -0.39 is 17.8 Å². The number of hydrogen-bond donors (Lipinski definition) is 2. The van der Waals surface area contributed by atoms with Crippen LogP contribution in [0.2, 0.25) is 0 Å². The quantitative estimate of drug-likeness (QED) is 0.764. The number of anilines is 1. The lowest BCUT2D eigenvalue weighted by atomic mass is 9.96. The number of alkyl halides is 3. The molecule has 0 atom stereocenters. The molecule has 0 radical (unpaired) electrons. The molecule has 2 amide bonds. The Balaban J connectivity index is 2.00. The second-order valence-corrected chi connectivity index (χ2v) is 7.68. The van der Waals surface area contributed by atoms with E-state index in [4.69, 9.17) is 5.73 Å². The summed E-state index contributed by atoms with van der Waals surface area (Å²) in [6.07, 6.45) is -4.43. The first-order chi connectivity index (χ1) is 12.0. The van der Waals surface area contributed by atoms with Gasteiger partial charge in [0.1, 0.15) is 0 Å². The van der Waals surface area contributed by atoms with Crippen molar-refractivity contribution in [2.45, 2.75) is 37.5 Å². The summed E-state index contributed by atoms with van der Waals surface area (Å²) in [5, 5.41) is 7.57. The van der Waals surface area contributed by atoms with Crippen LogP contribution in [-0.2, 0) is 11.6 Å². The van der Waals surface area contributed by atoms with E-state index >= 15 is 0 Å². The van der Waals surface area contributed by atoms with E-state index in [0.29, 0.717) is 22.4 Å². The SMILES string of the molecule is CC(C)(C)c1n[nH]c(SCCN(C(N)=O)c2ccc(C(F)(F)F)cc2)n1. The molecule has 142 valence electrons. The van der Waals surface area contributed by atoms with Gasteiger partial charge in [0.05, 0.1) is 5.56 Å². The third-order valence-electron chi connectivity index (χ3n) is 3.46. The number of rotatable bonds is 5. The number of thioether (sulfide) groups is 1. The summed E-state index contributed by atoms with van der Waals surface area (Å²) in [5.74, 6) is 1.12. The number of hydrogen-bond acceptors (Lipinski definition) is 4. The average Bonchev–Trinajstić information content (AvgIpc) is 2.99. The lowest BCUT2D eigenvalue weighted by molar-refractivity contribution is -0.137. The summed E-state index contributed by atoms with van der Waals surface area (Å²) in [4.78, 5) is 17.2. The molecule has 0 saturated heterocycles. The van der Waals surface area contributed by atoms with Crippen molar-refractivity contribution >= 4 is 23.5 Å². The maximum atomic E-state index is 12.6. The summed E-state index contributed by atoms with van der Waals surface area (Å²) in [6, 6.07) is 3.56. The maximum Gasteiger partial charge on any atom is 0.416 e. The Kier molecular flexibility index (Phi) is 5.84. The highest BCUT2D eigenvalue weighted by atomic mass is 32.2. The van der Waals surface area contributed by atoms with Crippen molar-refractivity contribution in [1.82, 2.24) is 15.2 Å². The third kappa shape index (κ3) is 5.13. The van der Waals surface area contributed by atoms with Crippen LogP contribution in [0.3, 0.4) is 0 Å². The molecule has 26 heavy (non-hydrogen) atoms. The van der Waals surface area contributed by atoms with E-state index in [-0.39, 0.29) is 12.0 Å². The van der Waals surface area contributed by atoms with Gasteiger partial charge >= 0.3 is 12.2 Å². The van der Waals surface area contributed by atoms with Crippen LogP contribution in [0.4, 0.5) is 23.7 Å². The van der Waals surface area contributed by atoms with Crippen molar-refractivity contribution < 1.29 is 18.0 Å². The lowest BCUT2D eigenvalue weighted by Gasteiger charge is -2.20. The first-order valence-electron chi connectivity index (χ1n) is 7.78. The lowest BCUT2D eigenvalue weighted by Crippen LogP contribution is -2.37. The second kappa shape index (κ2) is 7.56. The summed E-state index contributed by atoms with van der Waals surface area (Å²) < 4.78 is 37.9. The zero-order valence-corrected chi connectivity index (χ0v) is 15.4. The van der Waals surface area contributed by atoms with Gasteiger partial charge in [0.25, 0.3) is 0 Å². The van der Waals surface area contributed by atoms with E-state index in [1.807, 2.05) is 20.8 Å². The van der Waals surface area contributed by atoms with Gasteiger partial charge in [-0.3, -0.25) is 10.00 Å². The number of nitrogens with one attached hydrogen (secondary N) is 1. The fourth-order valence-corrected chi connectivity index (χ4v) is 2.81. The monoisotopic (exact) mass is 387 g/mol. The van der Waals surface area contributed by atoms with Crippen molar-refractivity contribution in [3.8, 4) is 0 Å². The van der Waals surface area contributed by atoms with Gasteiger partial charge in [-0.15, -0.1) is 0 Å². The fraction of sp³-hybridized carbons (Fsp3) is 0.438. The van der Waals surface area contributed by atoms with Crippen LogP contribution in [0, 0.1) is 0 Å². The summed E-state index contributed by atoms with van der Waals surface area (Å²) in [7, 11) is 0. The molecule has 10 heteroatoms. The predicted molar refractivity (Wildman–Crippen MR) is 94.2 cm³/mol. The van der Waals surface area contributed by atoms with Crippen molar-refractivity contribution in [2.75, 3.05) is 17.2 Å². The number of primary amides is 1. The molecule has 2 rings (SSSR count). The predicted octanol–water partition coefficient (Wildman–Crippen LogP) is 3.80. The molecule has 6 nitrogen and oxygen atoms in total. The molecule has 0 unspecified atom stereocenters. The van der Waals surface area contributed by atoms with Crippen LogP contribution in [0.5, 0.6) is 0 Å². The molecule has 3 N–H and O–H groups in total. The zero-order valence-electron chi connectivity index (χ0n) is 14.6. The number of nitrogens with zero attached hydrogens (tertiary/aromatic N) is 3. The molecule has 0 aliphatic rings. The number of aromatic nitrogens is 3. The Morgan fingerprint density at radius 2 is 1.85 bits per heavy atom. The zero-order chi connectivity index (χ0) is 19.5. The molecule has 0 bridgehead atoms. The van der Waals surface area contributed by atoms with Crippen LogP contribution < -0.4 is 10.6 Å². The van der Waals surface area contributed by atoms with Crippen LogP contribution in [-0.4, -0.2) is 33.5 Å². The average molecular weight is 387 g/mol. The van der Waals surface area contributed by atoms with Gasteiger partial charge in [-0.25, -0.2) is 9.78 Å².